The summed E-state index contributed by atoms with van der Waals surface area (Å²) in [7, 11) is 0. The van der Waals surface area contributed by atoms with Crippen LogP contribution in [0.25, 0.3) is 5.69 Å². The maximum Gasteiger partial charge on any atom is 0.307 e. The van der Waals surface area contributed by atoms with Crippen molar-refractivity contribution >= 4 is 46.4 Å². The lowest BCUT2D eigenvalue weighted by Crippen LogP contribution is -2.41. The van der Waals surface area contributed by atoms with E-state index in [-0.39, 0.29) is 42.4 Å². The Labute approximate surface area is 223 Å². The van der Waals surface area contributed by atoms with E-state index >= 15 is 0 Å². The number of rotatable bonds is 9. The molecule has 1 aliphatic heterocycles. The van der Waals surface area contributed by atoms with Crippen LogP contribution in [0.15, 0.2) is 65.6 Å². The van der Waals surface area contributed by atoms with Gasteiger partial charge in [-0.2, -0.15) is 0 Å². The van der Waals surface area contributed by atoms with Crippen LogP contribution in [0.5, 0.6) is 0 Å². The minimum absolute atomic E-state index is 0.138. The van der Waals surface area contributed by atoms with E-state index < -0.39 is 6.04 Å². The summed E-state index contributed by atoms with van der Waals surface area (Å²) in [5.74, 6) is -0.835. The van der Waals surface area contributed by atoms with Crippen LogP contribution in [0.4, 0.5) is 5.69 Å². The van der Waals surface area contributed by atoms with Crippen LogP contribution in [0.2, 0.25) is 4.34 Å². The van der Waals surface area contributed by atoms with Crippen molar-refractivity contribution < 1.29 is 19.1 Å². The number of anilines is 1. The first-order valence-electron chi connectivity index (χ1n) is 11.9. The Morgan fingerprint density at radius 2 is 1.89 bits per heavy atom. The molecule has 1 saturated heterocycles. The van der Waals surface area contributed by atoms with Crippen LogP contribution in [0, 0.1) is 0 Å². The van der Waals surface area contributed by atoms with Gasteiger partial charge in [-0.3, -0.25) is 28.6 Å². The Balaban J connectivity index is 1.43. The molecule has 4 rings (SSSR count). The molecule has 0 spiro atoms. The third-order valence-corrected chi connectivity index (χ3v) is 7.21. The molecule has 0 aliphatic carbocycles. The van der Waals surface area contributed by atoms with E-state index in [9.17, 15) is 19.2 Å². The van der Waals surface area contributed by atoms with Gasteiger partial charge in [0.1, 0.15) is 0 Å². The summed E-state index contributed by atoms with van der Waals surface area (Å²) in [5.41, 5.74) is 1.10. The van der Waals surface area contributed by atoms with Gasteiger partial charge in [0.25, 0.3) is 11.5 Å². The van der Waals surface area contributed by atoms with Gasteiger partial charge in [-0.05, 0) is 55.8 Å². The lowest BCUT2D eigenvalue weighted by atomic mass is 10.1. The van der Waals surface area contributed by atoms with Crippen LogP contribution in [0.1, 0.15) is 29.4 Å². The van der Waals surface area contributed by atoms with E-state index in [4.69, 9.17) is 16.3 Å². The van der Waals surface area contributed by atoms with Gasteiger partial charge in [0, 0.05) is 42.8 Å². The predicted octanol–water partition coefficient (Wildman–Crippen LogP) is 3.32. The molecule has 2 aromatic heterocycles. The third-order valence-electron chi connectivity index (χ3n) is 5.98. The Hall–Kier alpha value is -3.47. The van der Waals surface area contributed by atoms with E-state index in [2.05, 4.69) is 10.6 Å². The molecule has 11 heteroatoms. The van der Waals surface area contributed by atoms with E-state index in [0.717, 1.165) is 0 Å². The molecule has 2 amide bonds. The number of likely N-dealkylation sites (tertiary alicyclic amines) is 1. The van der Waals surface area contributed by atoms with Gasteiger partial charge in [0.2, 0.25) is 5.91 Å². The van der Waals surface area contributed by atoms with Crippen molar-refractivity contribution in [2.45, 2.75) is 31.8 Å². The number of nitrogens with zero attached hydrogens (tertiary/aromatic N) is 2. The number of amides is 2. The van der Waals surface area contributed by atoms with Crippen LogP contribution in [-0.2, 0) is 14.3 Å². The van der Waals surface area contributed by atoms with E-state index in [1.54, 1.807) is 61.7 Å². The topological polar surface area (TPSA) is 110 Å². The summed E-state index contributed by atoms with van der Waals surface area (Å²) in [4.78, 5) is 52.3. The van der Waals surface area contributed by atoms with Gasteiger partial charge >= 0.3 is 5.97 Å². The first-order chi connectivity index (χ1) is 17.8. The van der Waals surface area contributed by atoms with Gasteiger partial charge < -0.3 is 15.4 Å². The number of carbonyl (C=O) groups is 3. The zero-order valence-electron chi connectivity index (χ0n) is 20.2. The highest BCUT2D eigenvalue weighted by Gasteiger charge is 2.37. The smallest absolute Gasteiger partial charge is 0.307 e. The minimum atomic E-state index is -0.553. The fourth-order valence-electron chi connectivity index (χ4n) is 4.26. The monoisotopic (exact) mass is 542 g/mol. The lowest BCUT2D eigenvalue weighted by Gasteiger charge is -2.23. The fraction of sp³-hybridized carbons (Fsp3) is 0.308. The molecule has 3 aromatic rings. The van der Waals surface area contributed by atoms with Crippen LogP contribution in [0.3, 0.4) is 0 Å². The first kappa shape index (κ1) is 26.6. The van der Waals surface area contributed by atoms with E-state index in [1.807, 2.05) is 4.90 Å². The maximum absolute atomic E-state index is 13.3. The van der Waals surface area contributed by atoms with Crippen molar-refractivity contribution in [3.63, 3.8) is 0 Å². The Morgan fingerprint density at radius 1 is 1.11 bits per heavy atom. The van der Waals surface area contributed by atoms with Crippen LogP contribution >= 0.6 is 22.9 Å². The van der Waals surface area contributed by atoms with Gasteiger partial charge in [-0.15, -0.1) is 11.3 Å². The summed E-state index contributed by atoms with van der Waals surface area (Å²) in [5, 5.41) is 5.89. The number of benzene rings is 1. The number of ether oxygens (including phenoxy) is 1. The molecular weight excluding hydrogens is 516 g/mol. The van der Waals surface area contributed by atoms with Gasteiger partial charge in [0.15, 0.2) is 0 Å². The Bertz CT molecular complexity index is 1320. The summed E-state index contributed by atoms with van der Waals surface area (Å²) >= 11 is 7.14. The third kappa shape index (κ3) is 6.85. The van der Waals surface area contributed by atoms with Crippen molar-refractivity contribution in [2.75, 3.05) is 25.0 Å². The van der Waals surface area contributed by atoms with Gasteiger partial charge in [-0.1, -0.05) is 17.7 Å². The predicted molar refractivity (Wildman–Crippen MR) is 142 cm³/mol. The fourth-order valence-corrected chi connectivity index (χ4v) is 5.21. The molecule has 3 heterocycles. The number of esters is 1. The molecule has 0 radical (unpaired) electrons. The Kier molecular flexibility index (Phi) is 8.75. The SMILES string of the molecule is CCOC(=O)CCN1CC(NC(=O)c2ccc(Cl)s2)C[C@H]1C(=O)Nc1ccc(-n2ccccc2=O)cc1. The van der Waals surface area contributed by atoms with E-state index in [1.165, 1.54) is 22.0 Å². The second kappa shape index (κ2) is 12.2. The molecule has 0 bridgehead atoms. The molecule has 9 nitrogen and oxygen atoms in total. The maximum atomic E-state index is 13.3. The number of halogens is 1. The molecule has 1 unspecified atom stereocenters. The van der Waals surface area contributed by atoms with Crippen molar-refractivity contribution in [1.82, 2.24) is 14.8 Å². The normalized spacial score (nSPS) is 17.4. The van der Waals surface area contributed by atoms with Crippen molar-refractivity contribution in [2.24, 2.45) is 0 Å². The average molecular weight is 543 g/mol. The molecule has 1 aromatic carbocycles. The number of hydrogen-bond donors (Lipinski definition) is 2. The summed E-state index contributed by atoms with van der Waals surface area (Å²) in [6.07, 6.45) is 2.20. The van der Waals surface area contributed by atoms with E-state index in [0.29, 0.717) is 40.1 Å². The summed E-state index contributed by atoms with van der Waals surface area (Å²) in [6, 6.07) is 14.4. The number of thiophene rings is 1. The summed E-state index contributed by atoms with van der Waals surface area (Å²) < 4.78 is 7.06. The summed E-state index contributed by atoms with van der Waals surface area (Å²) in [6.45, 7) is 2.77. The van der Waals surface area contributed by atoms with Crippen LogP contribution < -0.4 is 16.2 Å². The molecular formula is C26H27ClN4O5S. The molecule has 2 N–H and O–H groups in total. The Morgan fingerprint density at radius 3 is 2.57 bits per heavy atom. The van der Waals surface area contributed by atoms with Crippen molar-refractivity contribution in [3.8, 4) is 5.69 Å². The number of nitrogens with one attached hydrogen (secondary N) is 2. The van der Waals surface area contributed by atoms with Crippen molar-refractivity contribution in [1.29, 1.82) is 0 Å². The molecule has 1 fully saturated rings. The standard InChI is InChI=1S/C26H27ClN4O5S/c1-2-36-24(33)12-14-30-16-18(29-26(35)21-10-11-22(27)37-21)15-20(30)25(34)28-17-6-8-19(9-7-17)31-13-4-3-5-23(31)32/h3-11,13,18,20H,2,12,14-16H2,1H3,(H,28,34)(H,29,35)/t18?,20-/m0/s1. The second-order valence-corrected chi connectivity index (χ2v) is 10.2. The highest BCUT2D eigenvalue weighted by Crippen LogP contribution is 2.24. The number of aromatic nitrogens is 1. The largest absolute Gasteiger partial charge is 0.466 e. The zero-order chi connectivity index (χ0) is 26.4. The van der Waals surface area contributed by atoms with Crippen molar-refractivity contribution in [3.05, 3.63) is 80.4 Å². The average Bonchev–Trinajstić information content (AvgIpc) is 3.50. The molecule has 1 aliphatic rings. The van der Waals surface area contributed by atoms with Gasteiger partial charge in [0.05, 0.1) is 28.3 Å². The number of carbonyl (C=O) groups excluding carboxylic acids is 3. The van der Waals surface area contributed by atoms with Crippen LogP contribution in [-0.4, -0.2) is 59.0 Å². The minimum Gasteiger partial charge on any atom is -0.466 e. The molecule has 2 atom stereocenters. The number of pyridine rings is 1. The lowest BCUT2D eigenvalue weighted by molar-refractivity contribution is -0.143. The van der Waals surface area contributed by atoms with Gasteiger partial charge in [-0.25, -0.2) is 0 Å². The highest BCUT2D eigenvalue weighted by molar-refractivity contribution is 7.18. The molecule has 0 saturated carbocycles. The quantitative estimate of drug-likeness (QED) is 0.401. The molecule has 194 valence electrons. The second-order valence-electron chi connectivity index (χ2n) is 8.52. The highest BCUT2D eigenvalue weighted by atomic mass is 35.5. The first-order valence-corrected chi connectivity index (χ1v) is 13.1. The zero-order valence-corrected chi connectivity index (χ0v) is 21.8. The number of hydrogen-bond acceptors (Lipinski definition) is 7. The molecule has 37 heavy (non-hydrogen) atoms.